The molecular weight excluding hydrogens is 364 g/mol. The second-order valence-electron chi connectivity index (χ2n) is 6.79. The van der Waals surface area contributed by atoms with Crippen molar-refractivity contribution in [2.45, 2.75) is 43.2 Å². The summed E-state index contributed by atoms with van der Waals surface area (Å²) in [4.78, 5) is 18.6. The number of nitrogens with one attached hydrogen (secondary N) is 1. The van der Waals surface area contributed by atoms with Gasteiger partial charge in [-0.2, -0.15) is 0 Å². The van der Waals surface area contributed by atoms with Gasteiger partial charge in [0.25, 0.3) is 15.9 Å². The molecular formula is C19H24N4O3S. The number of piperidine rings is 1. The molecule has 144 valence electrons. The number of anilines is 1. The molecule has 0 bridgehead atoms. The third-order valence-corrected chi connectivity index (χ3v) is 6.16. The van der Waals surface area contributed by atoms with Crippen LogP contribution in [0.4, 0.5) is 5.69 Å². The lowest BCUT2D eigenvalue weighted by Crippen LogP contribution is -2.51. The van der Waals surface area contributed by atoms with Gasteiger partial charge in [0, 0.05) is 36.6 Å². The van der Waals surface area contributed by atoms with Crippen LogP contribution in [0.1, 0.15) is 36.5 Å². The van der Waals surface area contributed by atoms with Crippen LogP contribution in [0.15, 0.2) is 53.7 Å². The maximum absolute atomic E-state index is 12.9. The number of hydrogen-bond donors (Lipinski definition) is 2. The third kappa shape index (κ3) is 4.45. The fourth-order valence-corrected chi connectivity index (χ4v) is 4.39. The van der Waals surface area contributed by atoms with Gasteiger partial charge in [0.05, 0.1) is 10.6 Å². The Balaban J connectivity index is 1.77. The summed E-state index contributed by atoms with van der Waals surface area (Å²) >= 11 is 0. The minimum absolute atomic E-state index is 0.0167. The van der Waals surface area contributed by atoms with Gasteiger partial charge in [-0.1, -0.05) is 0 Å². The Bertz CT molecular complexity index is 883. The van der Waals surface area contributed by atoms with E-state index in [9.17, 15) is 13.2 Å². The van der Waals surface area contributed by atoms with E-state index in [4.69, 9.17) is 5.73 Å². The first-order valence-corrected chi connectivity index (χ1v) is 10.5. The van der Waals surface area contributed by atoms with Gasteiger partial charge in [-0.15, -0.1) is 0 Å². The minimum Gasteiger partial charge on any atom is -0.334 e. The SMILES string of the molecule is CC(N)C1CCCCN1C(=O)c1ccc(S(=O)(=O)Nc2ccncc2)cc1. The number of nitrogens with zero attached hydrogens (tertiary/aromatic N) is 2. The first-order valence-electron chi connectivity index (χ1n) is 8.98. The highest BCUT2D eigenvalue weighted by Crippen LogP contribution is 2.22. The Labute approximate surface area is 159 Å². The molecule has 1 saturated heterocycles. The number of aromatic nitrogens is 1. The van der Waals surface area contributed by atoms with E-state index in [2.05, 4.69) is 9.71 Å². The van der Waals surface area contributed by atoms with Crippen LogP contribution in [-0.4, -0.2) is 42.8 Å². The lowest BCUT2D eigenvalue weighted by molar-refractivity contribution is 0.0583. The average molecular weight is 388 g/mol. The molecule has 0 saturated carbocycles. The number of nitrogens with two attached hydrogens (primary N) is 1. The maximum Gasteiger partial charge on any atom is 0.261 e. The summed E-state index contributed by atoms with van der Waals surface area (Å²) in [5, 5.41) is 0. The van der Waals surface area contributed by atoms with Crippen LogP contribution in [0.25, 0.3) is 0 Å². The molecule has 1 aliphatic heterocycles. The number of likely N-dealkylation sites (tertiary alicyclic amines) is 1. The minimum atomic E-state index is -3.73. The van der Waals surface area contributed by atoms with Crippen molar-refractivity contribution in [1.82, 2.24) is 9.88 Å². The van der Waals surface area contributed by atoms with Crippen molar-refractivity contribution >= 4 is 21.6 Å². The molecule has 1 aliphatic rings. The van der Waals surface area contributed by atoms with E-state index < -0.39 is 10.0 Å². The fraction of sp³-hybridized carbons (Fsp3) is 0.368. The smallest absolute Gasteiger partial charge is 0.261 e. The molecule has 2 atom stereocenters. The van der Waals surface area contributed by atoms with Crippen LogP contribution in [-0.2, 0) is 10.0 Å². The predicted molar refractivity (Wildman–Crippen MR) is 104 cm³/mol. The summed E-state index contributed by atoms with van der Waals surface area (Å²) in [6.07, 6.45) is 5.93. The molecule has 2 unspecified atom stereocenters. The van der Waals surface area contributed by atoms with Crippen molar-refractivity contribution in [2.75, 3.05) is 11.3 Å². The van der Waals surface area contributed by atoms with Gasteiger partial charge in [0.2, 0.25) is 0 Å². The van der Waals surface area contributed by atoms with Gasteiger partial charge in [0.1, 0.15) is 0 Å². The van der Waals surface area contributed by atoms with Crippen molar-refractivity contribution in [3.63, 3.8) is 0 Å². The molecule has 0 radical (unpaired) electrons. The second kappa shape index (κ2) is 8.06. The highest BCUT2D eigenvalue weighted by molar-refractivity contribution is 7.92. The Kier molecular flexibility index (Phi) is 5.76. The van der Waals surface area contributed by atoms with Gasteiger partial charge in [-0.3, -0.25) is 14.5 Å². The molecule has 1 fully saturated rings. The lowest BCUT2D eigenvalue weighted by atomic mass is 9.96. The van der Waals surface area contributed by atoms with Crippen LogP contribution >= 0.6 is 0 Å². The Morgan fingerprint density at radius 2 is 1.85 bits per heavy atom. The van der Waals surface area contributed by atoms with Crippen LogP contribution in [0.3, 0.4) is 0 Å². The highest BCUT2D eigenvalue weighted by atomic mass is 32.2. The molecule has 8 heteroatoms. The van der Waals surface area contributed by atoms with Crippen LogP contribution in [0, 0.1) is 0 Å². The fourth-order valence-electron chi connectivity index (χ4n) is 3.33. The zero-order valence-electron chi connectivity index (χ0n) is 15.2. The number of amides is 1. The quantitative estimate of drug-likeness (QED) is 0.817. The van der Waals surface area contributed by atoms with E-state index in [1.54, 1.807) is 24.3 Å². The van der Waals surface area contributed by atoms with Crippen molar-refractivity contribution < 1.29 is 13.2 Å². The normalized spacial score (nSPS) is 18.7. The highest BCUT2D eigenvalue weighted by Gasteiger charge is 2.30. The molecule has 1 aromatic carbocycles. The summed E-state index contributed by atoms with van der Waals surface area (Å²) in [6.45, 7) is 2.59. The zero-order chi connectivity index (χ0) is 19.4. The summed E-state index contributed by atoms with van der Waals surface area (Å²) in [5.41, 5.74) is 6.93. The second-order valence-corrected chi connectivity index (χ2v) is 8.47. The van der Waals surface area contributed by atoms with Crippen LogP contribution < -0.4 is 10.5 Å². The molecule has 1 amide bonds. The number of benzene rings is 1. The van der Waals surface area contributed by atoms with Crippen molar-refractivity contribution in [3.8, 4) is 0 Å². The van der Waals surface area contributed by atoms with Gasteiger partial charge in [-0.25, -0.2) is 8.42 Å². The predicted octanol–water partition coefficient (Wildman–Crippen LogP) is 2.22. The van der Waals surface area contributed by atoms with Crippen molar-refractivity contribution in [2.24, 2.45) is 5.73 Å². The summed E-state index contributed by atoms with van der Waals surface area (Å²) in [7, 11) is -3.73. The van der Waals surface area contributed by atoms with Crippen molar-refractivity contribution in [3.05, 3.63) is 54.4 Å². The summed E-state index contributed by atoms with van der Waals surface area (Å²) in [5.74, 6) is -0.108. The molecule has 2 aromatic rings. The molecule has 0 aliphatic carbocycles. The monoisotopic (exact) mass is 388 g/mol. The van der Waals surface area contributed by atoms with Gasteiger partial charge >= 0.3 is 0 Å². The lowest BCUT2D eigenvalue weighted by Gasteiger charge is -2.38. The zero-order valence-corrected chi connectivity index (χ0v) is 16.0. The number of sulfonamides is 1. The van der Waals surface area contributed by atoms with Gasteiger partial charge < -0.3 is 10.6 Å². The third-order valence-electron chi connectivity index (χ3n) is 4.76. The Hall–Kier alpha value is -2.45. The number of carbonyl (C=O) groups excluding carboxylic acids is 1. The van der Waals surface area contributed by atoms with E-state index in [-0.39, 0.29) is 22.9 Å². The number of carbonyl (C=O) groups is 1. The van der Waals surface area contributed by atoms with E-state index in [0.717, 1.165) is 19.3 Å². The molecule has 3 N–H and O–H groups in total. The molecule has 2 heterocycles. The summed E-state index contributed by atoms with van der Waals surface area (Å²) < 4.78 is 27.5. The molecule has 1 aromatic heterocycles. The molecule has 27 heavy (non-hydrogen) atoms. The van der Waals surface area contributed by atoms with E-state index >= 15 is 0 Å². The van der Waals surface area contributed by atoms with Gasteiger partial charge in [0.15, 0.2) is 0 Å². The van der Waals surface area contributed by atoms with E-state index in [1.165, 1.54) is 24.5 Å². The van der Waals surface area contributed by atoms with E-state index in [0.29, 0.717) is 17.8 Å². The molecule has 3 rings (SSSR count). The Morgan fingerprint density at radius 1 is 1.19 bits per heavy atom. The summed E-state index contributed by atoms with van der Waals surface area (Å²) in [6, 6.07) is 9.05. The average Bonchev–Trinajstić information content (AvgIpc) is 2.68. The number of hydrogen-bond acceptors (Lipinski definition) is 5. The van der Waals surface area contributed by atoms with Gasteiger partial charge in [-0.05, 0) is 62.6 Å². The Morgan fingerprint density at radius 3 is 2.48 bits per heavy atom. The number of pyridine rings is 1. The van der Waals surface area contributed by atoms with Crippen molar-refractivity contribution in [1.29, 1.82) is 0 Å². The largest absolute Gasteiger partial charge is 0.334 e. The topological polar surface area (TPSA) is 105 Å². The van der Waals surface area contributed by atoms with E-state index in [1.807, 2.05) is 11.8 Å². The van der Waals surface area contributed by atoms with Crippen LogP contribution in [0.5, 0.6) is 0 Å². The molecule has 7 nitrogen and oxygen atoms in total. The first-order chi connectivity index (χ1) is 12.9. The standard InChI is InChI=1S/C19H24N4O3S/c1-14(20)18-4-2-3-13-23(18)19(24)15-5-7-17(8-6-15)27(25,26)22-16-9-11-21-12-10-16/h5-12,14,18H,2-4,13,20H2,1H3,(H,21,22). The van der Waals surface area contributed by atoms with Crippen LogP contribution in [0.2, 0.25) is 0 Å². The first kappa shape index (κ1) is 19.3. The maximum atomic E-state index is 12.9. The molecule has 0 spiro atoms. The number of rotatable bonds is 5.